The minimum absolute atomic E-state index is 0.407. The number of rotatable bonds is 3. The van der Waals surface area contributed by atoms with E-state index in [9.17, 15) is 9.59 Å². The molecule has 0 heterocycles. The molecular weight excluding hydrogens is 164 g/mol. The van der Waals surface area contributed by atoms with Crippen molar-refractivity contribution in [3.63, 3.8) is 0 Å². The number of hydrogen-bond acceptors (Lipinski definition) is 6. The van der Waals surface area contributed by atoms with E-state index in [1.54, 1.807) is 0 Å². The summed E-state index contributed by atoms with van der Waals surface area (Å²) >= 11 is 0. The Bertz CT molecular complexity index is 190. The molecule has 6 nitrogen and oxygen atoms in total. The smallest absolute Gasteiger partial charge is 0.341 e. The molecule has 0 fully saturated rings. The maximum absolute atomic E-state index is 10.8. The summed E-state index contributed by atoms with van der Waals surface area (Å²) < 4.78 is 8.54. The number of nitrogens with two attached hydrogens (primary N) is 2. The van der Waals surface area contributed by atoms with Crippen LogP contribution in [0.2, 0.25) is 0 Å². The van der Waals surface area contributed by atoms with E-state index >= 15 is 0 Å². The molecule has 0 aromatic carbocycles. The topological polar surface area (TPSA) is 105 Å². The summed E-state index contributed by atoms with van der Waals surface area (Å²) in [6.07, 6.45) is -0.407. The molecule has 70 valence electrons. The molecular formula is C6H12N2O4. The van der Waals surface area contributed by atoms with Crippen molar-refractivity contribution in [2.45, 2.75) is 12.1 Å². The van der Waals surface area contributed by atoms with Gasteiger partial charge in [-0.15, -0.1) is 0 Å². The van der Waals surface area contributed by atoms with Crippen molar-refractivity contribution in [1.82, 2.24) is 0 Å². The molecule has 0 amide bonds. The lowest BCUT2D eigenvalue weighted by molar-refractivity contribution is -0.153. The zero-order valence-corrected chi connectivity index (χ0v) is 6.99. The summed E-state index contributed by atoms with van der Waals surface area (Å²) in [7, 11) is 2.31. The Morgan fingerprint density at radius 2 is 1.75 bits per heavy atom. The summed E-state index contributed by atoms with van der Waals surface area (Å²) in [5.41, 5.74) is 8.70. The third-order valence-electron chi connectivity index (χ3n) is 1.23. The van der Waals surface area contributed by atoms with Gasteiger partial charge in [-0.05, 0) is 0 Å². The van der Waals surface area contributed by atoms with E-state index in [2.05, 4.69) is 9.47 Å². The van der Waals surface area contributed by atoms with Crippen LogP contribution in [0.1, 0.15) is 6.42 Å². The second kappa shape index (κ2) is 4.03. The SMILES string of the molecule is COC(=O)CC(N)(N)C(=O)OC. The first kappa shape index (κ1) is 10.9. The summed E-state index contributed by atoms with van der Waals surface area (Å²) in [6.45, 7) is 0. The minimum Gasteiger partial charge on any atom is -0.469 e. The van der Waals surface area contributed by atoms with Crippen LogP contribution in [-0.2, 0) is 19.1 Å². The molecule has 0 aliphatic carbocycles. The predicted molar refractivity (Wildman–Crippen MR) is 39.8 cm³/mol. The van der Waals surface area contributed by atoms with Gasteiger partial charge in [0, 0.05) is 0 Å². The fourth-order valence-corrected chi connectivity index (χ4v) is 0.573. The lowest BCUT2D eigenvalue weighted by atomic mass is 10.1. The first-order valence-corrected chi connectivity index (χ1v) is 3.17. The highest BCUT2D eigenvalue weighted by atomic mass is 16.5. The van der Waals surface area contributed by atoms with Gasteiger partial charge in [-0.1, -0.05) is 0 Å². The molecule has 4 N–H and O–H groups in total. The molecule has 0 bridgehead atoms. The predicted octanol–water partition coefficient (Wildman–Crippen LogP) is -1.66. The standard InChI is InChI=1S/C6H12N2O4/c1-11-4(9)3-6(7,8)5(10)12-2/h3,7-8H2,1-2H3. The van der Waals surface area contributed by atoms with E-state index in [4.69, 9.17) is 11.5 Å². The molecule has 0 aliphatic rings. The Labute approximate surface area is 69.8 Å². The lowest BCUT2D eigenvalue weighted by Crippen LogP contribution is -2.58. The van der Waals surface area contributed by atoms with Gasteiger partial charge < -0.3 is 20.9 Å². The number of ether oxygens (including phenoxy) is 2. The summed E-state index contributed by atoms with van der Waals surface area (Å²) in [4.78, 5) is 21.5. The molecule has 0 aromatic heterocycles. The fraction of sp³-hybridized carbons (Fsp3) is 0.667. The van der Waals surface area contributed by atoms with E-state index in [1.165, 1.54) is 7.11 Å². The highest BCUT2D eigenvalue weighted by Gasteiger charge is 2.33. The molecule has 0 atom stereocenters. The molecule has 0 unspecified atom stereocenters. The van der Waals surface area contributed by atoms with Gasteiger partial charge in [-0.25, -0.2) is 4.79 Å². The number of carbonyl (C=O) groups is 2. The molecule has 0 spiro atoms. The first-order chi connectivity index (χ1) is 5.44. The number of carbonyl (C=O) groups excluding carboxylic acids is 2. The van der Waals surface area contributed by atoms with Crippen LogP contribution >= 0.6 is 0 Å². The van der Waals surface area contributed by atoms with E-state index in [1.807, 2.05) is 0 Å². The van der Waals surface area contributed by atoms with Crippen LogP contribution in [0.5, 0.6) is 0 Å². The van der Waals surface area contributed by atoms with Gasteiger partial charge in [-0.3, -0.25) is 4.79 Å². The molecule has 12 heavy (non-hydrogen) atoms. The van der Waals surface area contributed by atoms with Gasteiger partial charge in [0.05, 0.1) is 20.6 Å². The zero-order valence-electron chi connectivity index (χ0n) is 6.99. The van der Waals surface area contributed by atoms with E-state index < -0.39 is 24.0 Å². The van der Waals surface area contributed by atoms with Gasteiger partial charge in [0.2, 0.25) is 0 Å². The average Bonchev–Trinajstić information content (AvgIpc) is 2.02. The summed E-state index contributed by atoms with van der Waals surface area (Å²) in [5.74, 6) is -1.52. The molecule has 6 heteroatoms. The van der Waals surface area contributed by atoms with E-state index in [0.717, 1.165) is 7.11 Å². The van der Waals surface area contributed by atoms with Crippen LogP contribution in [0.3, 0.4) is 0 Å². The highest BCUT2D eigenvalue weighted by Crippen LogP contribution is 2.01. The lowest BCUT2D eigenvalue weighted by Gasteiger charge is -2.19. The van der Waals surface area contributed by atoms with Crippen LogP contribution in [0.4, 0.5) is 0 Å². The van der Waals surface area contributed by atoms with Crippen molar-refractivity contribution in [3.8, 4) is 0 Å². The summed E-state index contributed by atoms with van der Waals surface area (Å²) in [6, 6.07) is 0. The van der Waals surface area contributed by atoms with Gasteiger partial charge in [0.15, 0.2) is 5.66 Å². The van der Waals surface area contributed by atoms with Crippen LogP contribution in [0.15, 0.2) is 0 Å². The Balaban J connectivity index is 4.21. The largest absolute Gasteiger partial charge is 0.469 e. The zero-order chi connectivity index (χ0) is 9.78. The molecule has 0 saturated carbocycles. The Morgan fingerprint density at radius 3 is 2.08 bits per heavy atom. The van der Waals surface area contributed by atoms with Crippen LogP contribution in [0, 0.1) is 0 Å². The van der Waals surface area contributed by atoms with Crippen molar-refractivity contribution in [2.75, 3.05) is 14.2 Å². The van der Waals surface area contributed by atoms with Crippen molar-refractivity contribution in [1.29, 1.82) is 0 Å². The van der Waals surface area contributed by atoms with Crippen molar-refractivity contribution in [2.24, 2.45) is 11.5 Å². The van der Waals surface area contributed by atoms with Gasteiger partial charge in [-0.2, -0.15) is 0 Å². The molecule has 0 aromatic rings. The van der Waals surface area contributed by atoms with Crippen molar-refractivity contribution < 1.29 is 19.1 Å². The van der Waals surface area contributed by atoms with Crippen LogP contribution in [0.25, 0.3) is 0 Å². The van der Waals surface area contributed by atoms with E-state index in [-0.39, 0.29) is 0 Å². The minimum atomic E-state index is -1.80. The van der Waals surface area contributed by atoms with E-state index in [0.29, 0.717) is 0 Å². The Hall–Kier alpha value is -1.14. The normalized spacial score (nSPS) is 10.7. The van der Waals surface area contributed by atoms with Gasteiger partial charge in [0.25, 0.3) is 0 Å². The molecule has 0 aliphatic heterocycles. The monoisotopic (exact) mass is 176 g/mol. The van der Waals surface area contributed by atoms with Crippen molar-refractivity contribution in [3.05, 3.63) is 0 Å². The third kappa shape index (κ3) is 2.85. The van der Waals surface area contributed by atoms with Gasteiger partial charge >= 0.3 is 11.9 Å². The third-order valence-corrected chi connectivity index (χ3v) is 1.23. The quantitative estimate of drug-likeness (QED) is 0.393. The maximum atomic E-state index is 10.8. The second-order valence-electron chi connectivity index (χ2n) is 2.28. The first-order valence-electron chi connectivity index (χ1n) is 3.17. The van der Waals surface area contributed by atoms with Crippen LogP contribution < -0.4 is 11.5 Å². The number of hydrogen-bond donors (Lipinski definition) is 2. The number of esters is 2. The fourth-order valence-electron chi connectivity index (χ4n) is 0.573. The molecule has 0 rings (SSSR count). The van der Waals surface area contributed by atoms with Gasteiger partial charge in [0.1, 0.15) is 0 Å². The molecule has 0 saturated heterocycles. The highest BCUT2D eigenvalue weighted by molar-refractivity contribution is 5.85. The molecule has 0 radical (unpaired) electrons. The Kier molecular flexibility index (Phi) is 3.65. The maximum Gasteiger partial charge on any atom is 0.341 e. The number of methoxy groups -OCH3 is 2. The van der Waals surface area contributed by atoms with Crippen LogP contribution in [-0.4, -0.2) is 31.8 Å². The second-order valence-corrected chi connectivity index (χ2v) is 2.28. The Morgan fingerprint density at radius 1 is 1.25 bits per heavy atom. The summed E-state index contributed by atoms with van der Waals surface area (Å²) in [5, 5.41) is 0. The van der Waals surface area contributed by atoms with Crippen molar-refractivity contribution >= 4 is 11.9 Å². The average molecular weight is 176 g/mol.